The summed E-state index contributed by atoms with van der Waals surface area (Å²) in [6.45, 7) is 12.9. The molecule has 2 rings (SSSR count). The molecule has 1 unspecified atom stereocenters. The Balaban J connectivity index is 1.96. The molecule has 0 aromatic heterocycles. The van der Waals surface area contributed by atoms with Crippen molar-refractivity contribution >= 4 is 14.4 Å². The Morgan fingerprint density at radius 2 is 1.92 bits per heavy atom. The highest BCUT2D eigenvalue weighted by Crippen LogP contribution is 2.41. The Morgan fingerprint density at radius 1 is 1.28 bits per heavy atom. The summed E-state index contributed by atoms with van der Waals surface area (Å²) >= 11 is 0. The molecule has 0 spiro atoms. The van der Waals surface area contributed by atoms with Gasteiger partial charge in [-0.05, 0) is 30.1 Å². The maximum Gasteiger partial charge on any atom is 0.410 e. The van der Waals surface area contributed by atoms with Crippen LogP contribution < -0.4 is 5.73 Å². The van der Waals surface area contributed by atoms with Crippen LogP contribution in [0.15, 0.2) is 30.3 Å². The molecule has 1 aromatic carbocycles. The van der Waals surface area contributed by atoms with Crippen LogP contribution in [0.5, 0.6) is 0 Å². The molecule has 0 bridgehead atoms. The average Bonchev–Trinajstić information content (AvgIpc) is 2.96. The van der Waals surface area contributed by atoms with Gasteiger partial charge in [-0.3, -0.25) is 0 Å². The van der Waals surface area contributed by atoms with Gasteiger partial charge in [-0.15, -0.1) is 0 Å². The van der Waals surface area contributed by atoms with E-state index < -0.39 is 13.9 Å². The number of carbonyl (C=O) groups excluding carboxylic acids is 1. The maximum absolute atomic E-state index is 12.4. The summed E-state index contributed by atoms with van der Waals surface area (Å²) in [6, 6.07) is 9.71. The highest BCUT2D eigenvalue weighted by atomic mass is 28.4. The lowest BCUT2D eigenvalue weighted by Gasteiger charge is -2.43. The minimum absolute atomic E-state index is 0.108. The van der Waals surface area contributed by atoms with Crippen LogP contribution in [0, 0.1) is 0 Å². The molecule has 1 saturated heterocycles. The van der Waals surface area contributed by atoms with Crippen molar-refractivity contribution in [2.75, 3.05) is 19.6 Å². The first-order valence-electron chi connectivity index (χ1n) is 8.94. The fraction of sp³-hybridized carbons (Fsp3) is 0.632. The van der Waals surface area contributed by atoms with Crippen molar-refractivity contribution in [2.24, 2.45) is 5.73 Å². The zero-order valence-corrected chi connectivity index (χ0v) is 17.2. The second-order valence-corrected chi connectivity index (χ2v) is 13.2. The Hall–Kier alpha value is -1.37. The number of benzene rings is 1. The molecule has 1 aliphatic heterocycles. The van der Waals surface area contributed by atoms with E-state index in [9.17, 15) is 4.79 Å². The molecule has 1 amide bonds. The van der Waals surface area contributed by atoms with E-state index in [-0.39, 0.29) is 17.7 Å². The van der Waals surface area contributed by atoms with Crippen molar-refractivity contribution in [2.45, 2.75) is 57.5 Å². The molecule has 0 saturated carbocycles. The van der Waals surface area contributed by atoms with Crippen molar-refractivity contribution in [3.8, 4) is 0 Å². The summed E-state index contributed by atoms with van der Waals surface area (Å²) in [5.74, 6) is 0. The van der Waals surface area contributed by atoms with Gasteiger partial charge in [0.05, 0.1) is 12.1 Å². The van der Waals surface area contributed by atoms with Crippen molar-refractivity contribution in [3.05, 3.63) is 35.9 Å². The summed E-state index contributed by atoms with van der Waals surface area (Å²) in [7, 11) is -1.96. The number of hydrogen-bond acceptors (Lipinski definition) is 4. The van der Waals surface area contributed by atoms with Crippen LogP contribution in [-0.4, -0.2) is 44.5 Å². The second kappa shape index (κ2) is 7.48. The van der Waals surface area contributed by atoms with Crippen LogP contribution in [0.2, 0.25) is 18.1 Å². The largest absolute Gasteiger partial charge is 0.445 e. The smallest absolute Gasteiger partial charge is 0.410 e. The number of carbonyl (C=O) groups is 1. The first kappa shape index (κ1) is 19.9. The normalized spacial score (nSPS) is 21.4. The van der Waals surface area contributed by atoms with E-state index in [1.165, 1.54) is 0 Å². The van der Waals surface area contributed by atoms with E-state index in [1.54, 1.807) is 4.90 Å². The lowest BCUT2D eigenvalue weighted by Crippen LogP contribution is -2.54. The molecule has 1 aromatic rings. The molecular formula is C19H32N2O3Si. The first-order chi connectivity index (χ1) is 11.6. The molecule has 1 atom stereocenters. The minimum Gasteiger partial charge on any atom is -0.445 e. The fourth-order valence-corrected chi connectivity index (χ4v) is 4.44. The Labute approximate surface area is 152 Å². The summed E-state index contributed by atoms with van der Waals surface area (Å²) in [5, 5.41) is 0.108. The molecule has 0 radical (unpaired) electrons. The number of likely N-dealkylation sites (tertiary alicyclic amines) is 1. The molecule has 140 valence electrons. The number of amides is 1. The van der Waals surface area contributed by atoms with Crippen LogP contribution in [0.3, 0.4) is 0 Å². The SMILES string of the molecule is CC(C)(C)[Si](C)(C)OC1(CN)CCN(C(=O)OCc2ccccc2)C1. The van der Waals surface area contributed by atoms with E-state index in [2.05, 4.69) is 33.9 Å². The maximum atomic E-state index is 12.4. The lowest BCUT2D eigenvalue weighted by atomic mass is 10.0. The predicted molar refractivity (Wildman–Crippen MR) is 103 cm³/mol. The van der Waals surface area contributed by atoms with E-state index >= 15 is 0 Å². The van der Waals surface area contributed by atoms with Gasteiger partial charge in [0.25, 0.3) is 0 Å². The van der Waals surface area contributed by atoms with E-state index in [4.69, 9.17) is 14.9 Å². The van der Waals surface area contributed by atoms with Gasteiger partial charge in [-0.25, -0.2) is 4.79 Å². The van der Waals surface area contributed by atoms with Gasteiger partial charge in [-0.1, -0.05) is 51.1 Å². The third-order valence-electron chi connectivity index (χ3n) is 5.43. The topological polar surface area (TPSA) is 64.8 Å². The molecular weight excluding hydrogens is 332 g/mol. The molecule has 1 aliphatic rings. The predicted octanol–water partition coefficient (Wildman–Crippen LogP) is 3.75. The second-order valence-electron chi connectivity index (χ2n) is 8.46. The molecule has 1 fully saturated rings. The van der Waals surface area contributed by atoms with Crippen LogP contribution in [0.1, 0.15) is 32.8 Å². The molecule has 1 heterocycles. The number of nitrogens with zero attached hydrogens (tertiary/aromatic N) is 1. The summed E-state index contributed by atoms with van der Waals surface area (Å²) in [6.07, 6.45) is 0.467. The Bertz CT molecular complexity index is 586. The van der Waals surface area contributed by atoms with Crippen LogP contribution >= 0.6 is 0 Å². The number of ether oxygens (including phenoxy) is 1. The summed E-state index contributed by atoms with van der Waals surface area (Å²) in [4.78, 5) is 14.1. The van der Waals surface area contributed by atoms with Gasteiger partial charge < -0.3 is 19.8 Å². The van der Waals surface area contributed by atoms with Crippen LogP contribution in [0.4, 0.5) is 4.79 Å². The Kier molecular flexibility index (Phi) is 5.96. The minimum atomic E-state index is -1.96. The molecule has 25 heavy (non-hydrogen) atoms. The Morgan fingerprint density at radius 3 is 2.48 bits per heavy atom. The fourth-order valence-electron chi connectivity index (χ4n) is 2.80. The lowest BCUT2D eigenvalue weighted by molar-refractivity contribution is 0.0598. The van der Waals surface area contributed by atoms with Gasteiger partial charge in [0.2, 0.25) is 0 Å². The van der Waals surface area contributed by atoms with Crippen molar-refractivity contribution in [3.63, 3.8) is 0 Å². The third kappa shape index (κ3) is 4.83. The van der Waals surface area contributed by atoms with Crippen molar-refractivity contribution < 1.29 is 14.0 Å². The zero-order chi connectivity index (χ0) is 18.7. The first-order valence-corrected chi connectivity index (χ1v) is 11.9. The van der Waals surface area contributed by atoms with E-state index in [0.717, 1.165) is 12.0 Å². The average molecular weight is 365 g/mol. The molecule has 5 nitrogen and oxygen atoms in total. The number of rotatable bonds is 5. The highest BCUT2D eigenvalue weighted by Gasteiger charge is 2.48. The number of nitrogens with two attached hydrogens (primary N) is 1. The van der Waals surface area contributed by atoms with Gasteiger partial charge in [0, 0.05) is 13.1 Å². The standard InChI is InChI=1S/C19H32N2O3Si/c1-18(2,3)25(4,5)24-19(14-20)11-12-21(15-19)17(22)23-13-16-9-7-6-8-10-16/h6-10H,11-15,20H2,1-5H3. The third-order valence-corrected chi connectivity index (χ3v) is 9.99. The number of hydrogen-bond donors (Lipinski definition) is 1. The molecule has 2 N–H and O–H groups in total. The monoisotopic (exact) mass is 364 g/mol. The van der Waals surface area contributed by atoms with Crippen molar-refractivity contribution in [1.29, 1.82) is 0 Å². The van der Waals surface area contributed by atoms with Gasteiger partial charge in [-0.2, -0.15) is 0 Å². The van der Waals surface area contributed by atoms with Crippen molar-refractivity contribution in [1.82, 2.24) is 4.90 Å². The van der Waals surface area contributed by atoms with Gasteiger partial charge >= 0.3 is 6.09 Å². The van der Waals surface area contributed by atoms with E-state index in [0.29, 0.717) is 19.6 Å². The molecule has 0 aliphatic carbocycles. The van der Waals surface area contributed by atoms with Crippen LogP contribution in [-0.2, 0) is 15.8 Å². The zero-order valence-electron chi connectivity index (χ0n) is 16.2. The van der Waals surface area contributed by atoms with Gasteiger partial charge in [0.15, 0.2) is 8.32 Å². The van der Waals surface area contributed by atoms with Gasteiger partial charge in [0.1, 0.15) is 6.61 Å². The van der Waals surface area contributed by atoms with Crippen LogP contribution in [0.25, 0.3) is 0 Å². The molecule has 6 heteroatoms. The highest BCUT2D eigenvalue weighted by molar-refractivity contribution is 6.74. The quantitative estimate of drug-likeness (QED) is 0.808. The summed E-state index contributed by atoms with van der Waals surface area (Å²) in [5.41, 5.74) is 6.60. The van der Waals surface area contributed by atoms with E-state index in [1.807, 2.05) is 30.3 Å². The summed E-state index contributed by atoms with van der Waals surface area (Å²) < 4.78 is 12.1.